The smallest absolute Gasteiger partial charge is 0.234 e. The third kappa shape index (κ3) is 2.46. The number of carbonyl (C=O) groups is 1. The van der Waals surface area contributed by atoms with Crippen LogP contribution < -0.4 is 11.5 Å². The normalized spacial score (nSPS) is 15.3. The quantitative estimate of drug-likeness (QED) is 0.546. The molecular formula is C6H11N3O. The molecule has 4 N–H and O–H groups in total. The molecule has 4 heteroatoms. The Balaban J connectivity index is 3.84. The van der Waals surface area contributed by atoms with Gasteiger partial charge in [-0.2, -0.15) is 5.26 Å². The van der Waals surface area contributed by atoms with Crippen molar-refractivity contribution >= 4 is 5.91 Å². The second kappa shape index (κ2) is 3.85. The molecule has 2 unspecified atom stereocenters. The lowest BCUT2D eigenvalue weighted by Crippen LogP contribution is -2.41. The summed E-state index contributed by atoms with van der Waals surface area (Å²) in [6.45, 7) is 1.72. The van der Waals surface area contributed by atoms with E-state index >= 15 is 0 Å². The molecule has 0 saturated carbocycles. The van der Waals surface area contributed by atoms with Crippen LogP contribution in [0.25, 0.3) is 0 Å². The van der Waals surface area contributed by atoms with E-state index in [0.717, 1.165) is 0 Å². The first-order valence-electron chi connectivity index (χ1n) is 3.01. The van der Waals surface area contributed by atoms with Crippen LogP contribution in [-0.4, -0.2) is 11.9 Å². The lowest BCUT2D eigenvalue weighted by molar-refractivity contribution is -0.120. The molecule has 0 heterocycles. The van der Waals surface area contributed by atoms with Crippen LogP contribution >= 0.6 is 0 Å². The van der Waals surface area contributed by atoms with Gasteiger partial charge < -0.3 is 11.5 Å². The number of amides is 1. The topological polar surface area (TPSA) is 92.9 Å². The first kappa shape index (κ1) is 8.92. The minimum Gasteiger partial charge on any atom is -0.368 e. The fourth-order valence-electron chi connectivity index (χ4n) is 0.551. The van der Waals surface area contributed by atoms with Crippen molar-refractivity contribution in [2.75, 3.05) is 0 Å². The summed E-state index contributed by atoms with van der Waals surface area (Å²) in [6.07, 6.45) is 0.268. The van der Waals surface area contributed by atoms with E-state index in [9.17, 15) is 4.79 Å². The number of hydrogen-bond acceptors (Lipinski definition) is 3. The first-order valence-corrected chi connectivity index (χ1v) is 3.01. The molecule has 0 rings (SSSR count). The average molecular weight is 141 g/mol. The minimum atomic E-state index is -0.695. The number of nitrogens with zero attached hydrogens (tertiary/aromatic N) is 1. The van der Waals surface area contributed by atoms with Crippen molar-refractivity contribution in [1.82, 2.24) is 0 Å². The molecule has 0 radical (unpaired) electrons. The molecule has 0 aromatic heterocycles. The summed E-state index contributed by atoms with van der Waals surface area (Å²) in [7, 11) is 0. The zero-order valence-corrected chi connectivity index (χ0v) is 5.87. The number of rotatable bonds is 3. The number of nitrogens with two attached hydrogens (primary N) is 2. The van der Waals surface area contributed by atoms with Gasteiger partial charge in [0, 0.05) is 6.42 Å². The molecule has 0 aliphatic heterocycles. The van der Waals surface area contributed by atoms with Crippen LogP contribution in [0.5, 0.6) is 0 Å². The van der Waals surface area contributed by atoms with Crippen LogP contribution in [0.15, 0.2) is 0 Å². The van der Waals surface area contributed by atoms with E-state index in [1.807, 2.05) is 6.07 Å². The van der Waals surface area contributed by atoms with E-state index in [4.69, 9.17) is 16.7 Å². The lowest BCUT2D eigenvalue weighted by atomic mass is 10.00. The Morgan fingerprint density at radius 3 is 2.60 bits per heavy atom. The van der Waals surface area contributed by atoms with Crippen molar-refractivity contribution < 1.29 is 4.79 Å². The van der Waals surface area contributed by atoms with Gasteiger partial charge in [-0.15, -0.1) is 0 Å². The van der Waals surface area contributed by atoms with Gasteiger partial charge >= 0.3 is 0 Å². The molecule has 0 aromatic rings. The number of hydrogen-bond donors (Lipinski definition) is 2. The summed E-state index contributed by atoms with van der Waals surface area (Å²) in [5.74, 6) is -0.703. The summed E-state index contributed by atoms with van der Waals surface area (Å²) in [4.78, 5) is 10.4. The third-order valence-corrected chi connectivity index (χ3v) is 1.35. The van der Waals surface area contributed by atoms with Crippen molar-refractivity contribution in [3.05, 3.63) is 0 Å². The Morgan fingerprint density at radius 2 is 2.30 bits per heavy atom. The van der Waals surface area contributed by atoms with E-state index < -0.39 is 11.9 Å². The highest BCUT2D eigenvalue weighted by Gasteiger charge is 2.16. The molecule has 0 spiro atoms. The third-order valence-electron chi connectivity index (χ3n) is 1.35. The number of primary amides is 1. The predicted octanol–water partition coefficient (Wildman–Crippen LogP) is -0.651. The van der Waals surface area contributed by atoms with E-state index in [2.05, 4.69) is 0 Å². The standard InChI is InChI=1S/C6H11N3O/c1-4(2-3-7)5(8)6(9)10/h4-5H,2,8H2,1H3,(H2,9,10). The van der Waals surface area contributed by atoms with Gasteiger partial charge in [0.15, 0.2) is 0 Å². The summed E-state index contributed by atoms with van der Waals surface area (Å²) in [6, 6.07) is 1.22. The van der Waals surface area contributed by atoms with Crippen LogP contribution in [0.2, 0.25) is 0 Å². The van der Waals surface area contributed by atoms with Crippen LogP contribution in [0.3, 0.4) is 0 Å². The minimum absolute atomic E-state index is 0.150. The van der Waals surface area contributed by atoms with Crippen LogP contribution in [0.1, 0.15) is 13.3 Å². The molecule has 0 bridgehead atoms. The van der Waals surface area contributed by atoms with Crippen molar-refractivity contribution in [3.63, 3.8) is 0 Å². The SMILES string of the molecule is CC(CC#N)C(N)C(N)=O. The molecule has 2 atom stereocenters. The molecule has 0 aliphatic rings. The molecule has 0 saturated heterocycles. The molecule has 4 nitrogen and oxygen atoms in total. The monoisotopic (exact) mass is 141 g/mol. The molecule has 10 heavy (non-hydrogen) atoms. The zero-order chi connectivity index (χ0) is 8.15. The van der Waals surface area contributed by atoms with Gasteiger partial charge in [0.1, 0.15) is 0 Å². The van der Waals surface area contributed by atoms with Gasteiger partial charge in [0.05, 0.1) is 12.1 Å². The maximum atomic E-state index is 10.4. The van der Waals surface area contributed by atoms with E-state index in [1.54, 1.807) is 6.92 Å². The Morgan fingerprint density at radius 1 is 1.80 bits per heavy atom. The first-order chi connectivity index (χ1) is 4.59. The highest BCUT2D eigenvalue weighted by molar-refractivity contribution is 5.79. The molecular weight excluding hydrogens is 130 g/mol. The highest BCUT2D eigenvalue weighted by atomic mass is 16.1. The van der Waals surface area contributed by atoms with Gasteiger partial charge in [-0.05, 0) is 5.92 Å². The van der Waals surface area contributed by atoms with Crippen LogP contribution in [0, 0.1) is 17.2 Å². The summed E-state index contributed by atoms with van der Waals surface area (Å²) in [5, 5.41) is 8.21. The second-order valence-corrected chi connectivity index (χ2v) is 2.27. The Kier molecular flexibility index (Phi) is 3.44. The fraction of sp³-hybridized carbons (Fsp3) is 0.667. The zero-order valence-electron chi connectivity index (χ0n) is 5.87. The van der Waals surface area contributed by atoms with Crippen LogP contribution in [0.4, 0.5) is 0 Å². The Bertz CT molecular complexity index is 161. The number of nitriles is 1. The van der Waals surface area contributed by atoms with Crippen LogP contribution in [-0.2, 0) is 4.79 Å². The maximum Gasteiger partial charge on any atom is 0.234 e. The second-order valence-electron chi connectivity index (χ2n) is 2.27. The summed E-state index contributed by atoms with van der Waals surface area (Å²) < 4.78 is 0. The van der Waals surface area contributed by atoms with Crippen molar-refractivity contribution in [2.45, 2.75) is 19.4 Å². The molecule has 0 fully saturated rings. The van der Waals surface area contributed by atoms with E-state index in [-0.39, 0.29) is 12.3 Å². The van der Waals surface area contributed by atoms with E-state index in [1.165, 1.54) is 0 Å². The highest BCUT2D eigenvalue weighted by Crippen LogP contribution is 2.03. The summed E-state index contributed by atoms with van der Waals surface area (Å²) >= 11 is 0. The molecule has 0 aliphatic carbocycles. The molecule has 1 amide bonds. The molecule has 0 aromatic carbocycles. The van der Waals surface area contributed by atoms with Gasteiger partial charge in [0.2, 0.25) is 5.91 Å². The Hall–Kier alpha value is -1.08. The van der Waals surface area contributed by atoms with Gasteiger partial charge in [-0.1, -0.05) is 6.92 Å². The lowest BCUT2D eigenvalue weighted by Gasteiger charge is -2.11. The Labute approximate surface area is 59.8 Å². The maximum absolute atomic E-state index is 10.4. The predicted molar refractivity (Wildman–Crippen MR) is 36.6 cm³/mol. The van der Waals surface area contributed by atoms with Gasteiger partial charge in [0.25, 0.3) is 0 Å². The van der Waals surface area contributed by atoms with E-state index in [0.29, 0.717) is 0 Å². The summed E-state index contributed by atoms with van der Waals surface area (Å²) in [5.41, 5.74) is 10.2. The van der Waals surface area contributed by atoms with Gasteiger partial charge in [-0.25, -0.2) is 0 Å². The average Bonchev–Trinajstić information content (AvgIpc) is 1.87. The van der Waals surface area contributed by atoms with Gasteiger partial charge in [-0.3, -0.25) is 4.79 Å². The largest absolute Gasteiger partial charge is 0.368 e. The van der Waals surface area contributed by atoms with Crippen molar-refractivity contribution in [1.29, 1.82) is 5.26 Å². The number of carbonyl (C=O) groups excluding carboxylic acids is 1. The van der Waals surface area contributed by atoms with Crippen molar-refractivity contribution in [3.8, 4) is 6.07 Å². The fourth-order valence-corrected chi connectivity index (χ4v) is 0.551. The van der Waals surface area contributed by atoms with Crippen molar-refractivity contribution in [2.24, 2.45) is 17.4 Å². The molecule has 56 valence electrons.